The zero-order valence-electron chi connectivity index (χ0n) is 11.7. The van der Waals surface area contributed by atoms with Crippen LogP contribution in [0.5, 0.6) is 5.88 Å². The Morgan fingerprint density at radius 2 is 2.25 bits per heavy atom. The van der Waals surface area contributed by atoms with Crippen molar-refractivity contribution in [2.24, 2.45) is 5.92 Å². The van der Waals surface area contributed by atoms with Crippen LogP contribution in [0.4, 0.5) is 0 Å². The number of ether oxygens (including phenoxy) is 1. The van der Waals surface area contributed by atoms with Crippen LogP contribution >= 0.6 is 11.6 Å². The summed E-state index contributed by atoms with van der Waals surface area (Å²) in [5, 5.41) is 0. The normalized spacial score (nSPS) is 15.5. The maximum atomic E-state index is 5.89. The number of nitrogens with zero attached hydrogens (tertiary/aromatic N) is 4. The SMILES string of the molecule is COc1ncnc2c1nc(CCCl)n2CCC1CCC1. The number of aromatic nitrogens is 4. The van der Waals surface area contributed by atoms with Crippen LogP contribution in [0.3, 0.4) is 0 Å². The minimum absolute atomic E-state index is 0.535. The zero-order valence-corrected chi connectivity index (χ0v) is 12.4. The Hall–Kier alpha value is -1.36. The third kappa shape index (κ3) is 2.46. The molecular weight excluding hydrogens is 276 g/mol. The predicted octanol–water partition coefficient (Wildman–Crippen LogP) is 2.81. The molecule has 2 aromatic heterocycles. The van der Waals surface area contributed by atoms with Gasteiger partial charge in [0.05, 0.1) is 7.11 Å². The highest BCUT2D eigenvalue weighted by Gasteiger charge is 2.20. The number of hydrogen-bond acceptors (Lipinski definition) is 4. The Bertz CT molecular complexity index is 594. The minimum Gasteiger partial charge on any atom is -0.479 e. The van der Waals surface area contributed by atoms with Crippen LogP contribution in [0, 0.1) is 5.92 Å². The smallest absolute Gasteiger partial charge is 0.245 e. The van der Waals surface area contributed by atoms with Crippen LogP contribution in [0.2, 0.25) is 0 Å². The lowest BCUT2D eigenvalue weighted by Crippen LogP contribution is -2.15. The molecule has 1 aliphatic carbocycles. The van der Waals surface area contributed by atoms with Gasteiger partial charge < -0.3 is 9.30 Å². The van der Waals surface area contributed by atoms with Gasteiger partial charge in [0.1, 0.15) is 12.2 Å². The van der Waals surface area contributed by atoms with Gasteiger partial charge in [0.15, 0.2) is 11.2 Å². The largest absolute Gasteiger partial charge is 0.479 e. The lowest BCUT2D eigenvalue weighted by Gasteiger charge is -2.25. The number of hydrogen-bond donors (Lipinski definition) is 0. The van der Waals surface area contributed by atoms with Crippen LogP contribution < -0.4 is 4.74 Å². The van der Waals surface area contributed by atoms with E-state index in [1.54, 1.807) is 7.11 Å². The molecule has 108 valence electrons. The van der Waals surface area contributed by atoms with Gasteiger partial charge in [0.25, 0.3) is 0 Å². The summed E-state index contributed by atoms with van der Waals surface area (Å²) >= 11 is 5.89. The fraction of sp³-hybridized carbons (Fsp3) is 0.643. The van der Waals surface area contributed by atoms with E-state index >= 15 is 0 Å². The third-order valence-corrected chi connectivity index (χ3v) is 4.26. The number of fused-ring (bicyclic) bond motifs is 1. The van der Waals surface area contributed by atoms with E-state index in [-0.39, 0.29) is 0 Å². The van der Waals surface area contributed by atoms with Gasteiger partial charge >= 0.3 is 0 Å². The number of halogens is 1. The van der Waals surface area contributed by atoms with Crippen molar-refractivity contribution < 1.29 is 4.74 Å². The van der Waals surface area contributed by atoms with E-state index in [0.717, 1.165) is 35.9 Å². The maximum Gasteiger partial charge on any atom is 0.245 e. The zero-order chi connectivity index (χ0) is 13.9. The molecule has 1 saturated carbocycles. The van der Waals surface area contributed by atoms with E-state index in [4.69, 9.17) is 16.3 Å². The first-order valence-electron chi connectivity index (χ1n) is 7.13. The van der Waals surface area contributed by atoms with Crippen molar-refractivity contribution in [1.29, 1.82) is 0 Å². The highest BCUT2D eigenvalue weighted by Crippen LogP contribution is 2.31. The molecule has 0 saturated heterocycles. The molecule has 6 heteroatoms. The average Bonchev–Trinajstić information content (AvgIpc) is 2.75. The van der Waals surface area contributed by atoms with Gasteiger partial charge in [-0.25, -0.2) is 9.97 Å². The number of aryl methyl sites for hydroxylation is 2. The highest BCUT2D eigenvalue weighted by molar-refractivity contribution is 6.17. The molecule has 1 aliphatic rings. The van der Waals surface area contributed by atoms with Crippen molar-refractivity contribution in [3.8, 4) is 5.88 Å². The van der Waals surface area contributed by atoms with E-state index < -0.39 is 0 Å². The molecule has 2 heterocycles. The fourth-order valence-corrected chi connectivity index (χ4v) is 2.88. The van der Waals surface area contributed by atoms with Gasteiger partial charge in [-0.1, -0.05) is 19.3 Å². The lowest BCUT2D eigenvalue weighted by atomic mass is 9.83. The summed E-state index contributed by atoms with van der Waals surface area (Å²) in [6.45, 7) is 0.952. The van der Waals surface area contributed by atoms with Gasteiger partial charge in [0, 0.05) is 18.8 Å². The summed E-state index contributed by atoms with van der Waals surface area (Å²) < 4.78 is 7.45. The van der Waals surface area contributed by atoms with Crippen molar-refractivity contribution >= 4 is 22.8 Å². The van der Waals surface area contributed by atoms with Crippen molar-refractivity contribution in [2.45, 2.75) is 38.6 Å². The van der Waals surface area contributed by atoms with Crippen molar-refractivity contribution in [2.75, 3.05) is 13.0 Å². The van der Waals surface area contributed by atoms with Crippen LogP contribution in [-0.2, 0) is 13.0 Å². The molecular formula is C14H19ClN4O. The number of imidazole rings is 1. The lowest BCUT2D eigenvalue weighted by molar-refractivity contribution is 0.282. The van der Waals surface area contributed by atoms with Crippen LogP contribution in [-0.4, -0.2) is 32.5 Å². The molecule has 0 amide bonds. The summed E-state index contributed by atoms with van der Waals surface area (Å²) in [7, 11) is 1.61. The fourth-order valence-electron chi connectivity index (χ4n) is 2.71. The topological polar surface area (TPSA) is 52.8 Å². The first kappa shape index (κ1) is 13.6. The second kappa shape index (κ2) is 5.95. The Balaban J connectivity index is 1.94. The molecule has 0 atom stereocenters. The summed E-state index contributed by atoms with van der Waals surface area (Å²) in [6.07, 6.45) is 7.55. The molecule has 0 aliphatic heterocycles. The van der Waals surface area contributed by atoms with Gasteiger partial charge in [-0.15, -0.1) is 11.6 Å². The van der Waals surface area contributed by atoms with Gasteiger partial charge in [-0.3, -0.25) is 0 Å². The molecule has 0 aromatic carbocycles. The predicted molar refractivity (Wildman–Crippen MR) is 78.3 cm³/mol. The highest BCUT2D eigenvalue weighted by atomic mass is 35.5. The Labute approximate surface area is 123 Å². The van der Waals surface area contributed by atoms with Gasteiger partial charge in [-0.2, -0.15) is 4.98 Å². The molecule has 1 fully saturated rings. The molecule has 0 radical (unpaired) electrons. The standard InChI is InChI=1S/C14H19ClN4O/c1-20-14-12-13(16-9-17-14)19(11(18-12)5-7-15)8-6-10-3-2-4-10/h9-10H,2-8H2,1H3. The summed E-state index contributed by atoms with van der Waals surface area (Å²) in [4.78, 5) is 13.1. The number of alkyl halides is 1. The molecule has 0 unspecified atom stereocenters. The quantitative estimate of drug-likeness (QED) is 0.769. The monoisotopic (exact) mass is 294 g/mol. The van der Waals surface area contributed by atoms with Crippen LogP contribution in [0.15, 0.2) is 6.33 Å². The second-order valence-electron chi connectivity index (χ2n) is 5.26. The van der Waals surface area contributed by atoms with E-state index in [9.17, 15) is 0 Å². The number of methoxy groups -OCH3 is 1. The third-order valence-electron chi connectivity index (χ3n) is 4.07. The molecule has 5 nitrogen and oxygen atoms in total. The first-order valence-corrected chi connectivity index (χ1v) is 7.67. The van der Waals surface area contributed by atoms with Crippen molar-refractivity contribution in [3.63, 3.8) is 0 Å². The molecule has 2 aromatic rings. The molecule has 20 heavy (non-hydrogen) atoms. The van der Waals surface area contributed by atoms with Crippen molar-refractivity contribution in [1.82, 2.24) is 19.5 Å². The Morgan fingerprint density at radius 1 is 1.40 bits per heavy atom. The first-order chi connectivity index (χ1) is 9.83. The second-order valence-corrected chi connectivity index (χ2v) is 5.64. The van der Waals surface area contributed by atoms with Gasteiger partial charge in [-0.05, 0) is 12.3 Å². The maximum absolute atomic E-state index is 5.89. The van der Waals surface area contributed by atoms with E-state index in [0.29, 0.717) is 11.8 Å². The number of rotatable bonds is 6. The Kier molecular flexibility index (Phi) is 4.05. The van der Waals surface area contributed by atoms with E-state index in [1.807, 2.05) is 0 Å². The molecule has 0 spiro atoms. The summed E-state index contributed by atoms with van der Waals surface area (Å²) in [5.41, 5.74) is 1.60. The van der Waals surface area contributed by atoms with E-state index in [1.165, 1.54) is 32.0 Å². The van der Waals surface area contributed by atoms with Crippen LogP contribution in [0.25, 0.3) is 11.2 Å². The van der Waals surface area contributed by atoms with Crippen molar-refractivity contribution in [3.05, 3.63) is 12.2 Å². The van der Waals surface area contributed by atoms with E-state index in [2.05, 4.69) is 19.5 Å². The minimum atomic E-state index is 0.535. The molecule has 0 bridgehead atoms. The average molecular weight is 295 g/mol. The molecule has 0 N–H and O–H groups in total. The molecule has 3 rings (SSSR count). The summed E-state index contributed by atoms with van der Waals surface area (Å²) in [6, 6.07) is 0. The Morgan fingerprint density at radius 3 is 2.90 bits per heavy atom. The van der Waals surface area contributed by atoms with Gasteiger partial charge in [0.2, 0.25) is 5.88 Å². The van der Waals surface area contributed by atoms with Crippen LogP contribution in [0.1, 0.15) is 31.5 Å². The summed E-state index contributed by atoms with van der Waals surface area (Å²) in [5.74, 6) is 2.93.